The highest BCUT2D eigenvalue weighted by molar-refractivity contribution is 5.89. The molecular weight excluding hydrogens is 296 g/mol. The van der Waals surface area contributed by atoms with E-state index in [4.69, 9.17) is 5.11 Å². The lowest BCUT2D eigenvalue weighted by atomic mass is 10.1. The topological polar surface area (TPSA) is 95.5 Å². The van der Waals surface area contributed by atoms with Gasteiger partial charge in [-0.2, -0.15) is 0 Å². The number of carbonyl (C=O) groups is 3. The van der Waals surface area contributed by atoms with E-state index in [-0.39, 0.29) is 31.1 Å². The Hall–Kier alpha value is -2.37. The van der Waals surface area contributed by atoms with Crippen molar-refractivity contribution < 1.29 is 19.5 Å². The summed E-state index contributed by atoms with van der Waals surface area (Å²) in [5.41, 5.74) is 0.376. The van der Waals surface area contributed by atoms with Crippen LogP contribution in [0.5, 0.6) is 0 Å². The molecule has 0 aliphatic heterocycles. The maximum Gasteiger partial charge on any atom is 0.303 e. The van der Waals surface area contributed by atoms with Crippen molar-refractivity contribution in [2.75, 3.05) is 0 Å². The fraction of sp³-hybridized carbons (Fsp3) is 0.471. The Kier molecular flexibility index (Phi) is 6.75. The molecule has 0 saturated heterocycles. The first-order valence-electron chi connectivity index (χ1n) is 7.54. The van der Waals surface area contributed by atoms with Crippen molar-refractivity contribution in [3.8, 4) is 0 Å². The predicted octanol–water partition coefficient (Wildman–Crippen LogP) is 1.49. The molecule has 0 saturated carbocycles. The van der Waals surface area contributed by atoms with Crippen LogP contribution in [-0.4, -0.2) is 34.5 Å². The summed E-state index contributed by atoms with van der Waals surface area (Å²) >= 11 is 0. The first kappa shape index (κ1) is 18.7. The van der Waals surface area contributed by atoms with Gasteiger partial charge >= 0.3 is 5.97 Å². The van der Waals surface area contributed by atoms with Crippen molar-refractivity contribution in [2.24, 2.45) is 0 Å². The zero-order chi connectivity index (χ0) is 17.5. The summed E-state index contributed by atoms with van der Waals surface area (Å²) in [6, 6.07) is 8.30. The molecule has 0 fully saturated rings. The third kappa shape index (κ3) is 7.99. The third-order valence-corrected chi connectivity index (χ3v) is 3.00. The minimum absolute atomic E-state index is 0.0533. The zero-order valence-electron chi connectivity index (χ0n) is 13.8. The molecule has 1 rings (SSSR count). The summed E-state index contributed by atoms with van der Waals surface area (Å²) in [5.74, 6) is -1.69. The van der Waals surface area contributed by atoms with Crippen LogP contribution in [0.4, 0.5) is 0 Å². The molecule has 0 bridgehead atoms. The first-order chi connectivity index (χ1) is 10.7. The van der Waals surface area contributed by atoms with Gasteiger partial charge in [0.2, 0.25) is 11.8 Å². The largest absolute Gasteiger partial charge is 0.481 e. The quantitative estimate of drug-likeness (QED) is 0.709. The van der Waals surface area contributed by atoms with Gasteiger partial charge in [-0.1, -0.05) is 30.3 Å². The smallest absolute Gasteiger partial charge is 0.303 e. The van der Waals surface area contributed by atoms with Crippen molar-refractivity contribution in [3.05, 3.63) is 35.9 Å². The second kappa shape index (κ2) is 8.31. The lowest BCUT2D eigenvalue weighted by Crippen LogP contribution is -2.52. The molecule has 2 amide bonds. The van der Waals surface area contributed by atoms with E-state index in [1.54, 1.807) is 0 Å². The van der Waals surface area contributed by atoms with Gasteiger partial charge < -0.3 is 15.7 Å². The monoisotopic (exact) mass is 320 g/mol. The van der Waals surface area contributed by atoms with Crippen LogP contribution < -0.4 is 10.6 Å². The van der Waals surface area contributed by atoms with Gasteiger partial charge in [-0.3, -0.25) is 14.4 Å². The van der Waals surface area contributed by atoms with Crippen molar-refractivity contribution in [1.29, 1.82) is 0 Å². The van der Waals surface area contributed by atoms with E-state index < -0.39 is 17.6 Å². The van der Waals surface area contributed by atoms with Crippen LogP contribution in [-0.2, 0) is 20.8 Å². The van der Waals surface area contributed by atoms with E-state index in [1.165, 1.54) is 0 Å². The fourth-order valence-corrected chi connectivity index (χ4v) is 2.02. The average molecular weight is 320 g/mol. The standard InChI is InChI=1S/C17H24N2O4/c1-17(2,3)19-16(23)13(9-10-15(21)22)18-14(20)11-12-7-5-4-6-8-12/h4-8,13H,9-11H2,1-3H3,(H,18,20)(H,19,23)(H,21,22)/t13-/m0/s1. The van der Waals surface area contributed by atoms with Gasteiger partial charge in [-0.05, 0) is 32.8 Å². The molecule has 126 valence electrons. The molecule has 6 nitrogen and oxygen atoms in total. The second-order valence-corrected chi connectivity index (χ2v) is 6.45. The zero-order valence-corrected chi connectivity index (χ0v) is 13.8. The van der Waals surface area contributed by atoms with Gasteiger partial charge in [0.25, 0.3) is 0 Å². The Bertz CT molecular complexity index is 549. The number of carbonyl (C=O) groups excluding carboxylic acids is 2. The molecule has 0 aliphatic carbocycles. The molecule has 3 N–H and O–H groups in total. The lowest BCUT2D eigenvalue weighted by molar-refractivity contribution is -0.138. The highest BCUT2D eigenvalue weighted by atomic mass is 16.4. The van der Waals surface area contributed by atoms with Gasteiger partial charge in [0.15, 0.2) is 0 Å². The van der Waals surface area contributed by atoms with Gasteiger partial charge in [-0.15, -0.1) is 0 Å². The molecule has 0 aliphatic rings. The summed E-state index contributed by atoms with van der Waals surface area (Å²) in [5, 5.41) is 14.2. The maximum absolute atomic E-state index is 12.2. The van der Waals surface area contributed by atoms with Crippen LogP contribution >= 0.6 is 0 Å². The molecular formula is C17H24N2O4. The second-order valence-electron chi connectivity index (χ2n) is 6.45. The number of hydrogen-bond acceptors (Lipinski definition) is 3. The average Bonchev–Trinajstić information content (AvgIpc) is 2.42. The molecule has 23 heavy (non-hydrogen) atoms. The number of rotatable bonds is 7. The molecule has 0 radical (unpaired) electrons. The number of aliphatic carboxylic acids is 1. The Morgan fingerprint density at radius 1 is 1.13 bits per heavy atom. The highest BCUT2D eigenvalue weighted by Gasteiger charge is 2.25. The van der Waals surface area contributed by atoms with E-state index in [0.29, 0.717) is 0 Å². The van der Waals surface area contributed by atoms with Gasteiger partial charge in [0.05, 0.1) is 6.42 Å². The third-order valence-electron chi connectivity index (χ3n) is 3.00. The van der Waals surface area contributed by atoms with Crippen LogP contribution in [0.2, 0.25) is 0 Å². The lowest BCUT2D eigenvalue weighted by Gasteiger charge is -2.25. The predicted molar refractivity (Wildman–Crippen MR) is 86.8 cm³/mol. The van der Waals surface area contributed by atoms with Gasteiger partial charge in [0.1, 0.15) is 6.04 Å². The minimum Gasteiger partial charge on any atom is -0.481 e. The number of nitrogens with one attached hydrogen (secondary N) is 2. The van der Waals surface area contributed by atoms with Gasteiger partial charge in [0, 0.05) is 12.0 Å². The molecule has 1 atom stereocenters. The van der Waals surface area contributed by atoms with Crippen LogP contribution in [0.25, 0.3) is 0 Å². The summed E-state index contributed by atoms with van der Waals surface area (Å²) < 4.78 is 0. The van der Waals surface area contributed by atoms with Crippen LogP contribution in [0.3, 0.4) is 0 Å². The minimum atomic E-state index is -1.00. The molecule has 0 aromatic heterocycles. The number of amides is 2. The molecule has 1 aromatic carbocycles. The Balaban J connectivity index is 2.69. The summed E-state index contributed by atoms with van der Waals surface area (Å²) in [6.07, 6.45) is 0.0127. The number of hydrogen-bond donors (Lipinski definition) is 3. The van der Waals surface area contributed by atoms with Crippen molar-refractivity contribution in [1.82, 2.24) is 10.6 Å². The number of carboxylic acid groups (broad SMARTS) is 1. The maximum atomic E-state index is 12.2. The SMILES string of the molecule is CC(C)(C)NC(=O)[C@H](CCC(=O)O)NC(=O)Cc1ccccc1. The molecule has 0 unspecified atom stereocenters. The summed E-state index contributed by atoms with van der Waals surface area (Å²) in [6.45, 7) is 5.47. The normalized spacial score (nSPS) is 12.3. The first-order valence-corrected chi connectivity index (χ1v) is 7.54. The molecule has 0 heterocycles. The van der Waals surface area contributed by atoms with E-state index >= 15 is 0 Å². The van der Waals surface area contributed by atoms with E-state index in [1.807, 2.05) is 51.1 Å². The molecule has 6 heteroatoms. The highest BCUT2D eigenvalue weighted by Crippen LogP contribution is 2.05. The molecule has 0 spiro atoms. The van der Waals surface area contributed by atoms with Gasteiger partial charge in [-0.25, -0.2) is 0 Å². The van der Waals surface area contributed by atoms with E-state index in [2.05, 4.69) is 10.6 Å². The van der Waals surface area contributed by atoms with Crippen LogP contribution in [0, 0.1) is 0 Å². The van der Waals surface area contributed by atoms with Crippen molar-refractivity contribution in [3.63, 3.8) is 0 Å². The van der Waals surface area contributed by atoms with E-state index in [9.17, 15) is 14.4 Å². The Labute approximate surface area is 136 Å². The van der Waals surface area contributed by atoms with Crippen molar-refractivity contribution >= 4 is 17.8 Å². The fourth-order valence-electron chi connectivity index (χ4n) is 2.02. The number of benzene rings is 1. The summed E-state index contributed by atoms with van der Waals surface area (Å²) in [7, 11) is 0. The Morgan fingerprint density at radius 2 is 1.74 bits per heavy atom. The number of carboxylic acids is 1. The summed E-state index contributed by atoms with van der Waals surface area (Å²) in [4.78, 5) is 35.1. The van der Waals surface area contributed by atoms with Crippen LogP contribution in [0.1, 0.15) is 39.2 Å². The Morgan fingerprint density at radius 3 is 2.26 bits per heavy atom. The molecule has 1 aromatic rings. The van der Waals surface area contributed by atoms with Crippen molar-refractivity contribution in [2.45, 2.75) is 51.6 Å². The van der Waals surface area contributed by atoms with E-state index in [0.717, 1.165) is 5.56 Å². The van der Waals surface area contributed by atoms with Crippen LogP contribution in [0.15, 0.2) is 30.3 Å².